The molecule has 0 bridgehead atoms. The number of hydrogen-bond donors (Lipinski definition) is 1. The lowest BCUT2D eigenvalue weighted by Crippen LogP contribution is -2.90. The molecule has 2 N–H and O–H groups in total. The van der Waals surface area contributed by atoms with Crippen molar-refractivity contribution in [3.05, 3.63) is 35.9 Å². The highest BCUT2D eigenvalue weighted by atomic mass is 16.4. The highest BCUT2D eigenvalue weighted by Crippen LogP contribution is 2.06. The molecule has 1 rings (SSSR count). The minimum atomic E-state index is -0.987. The Kier molecular flexibility index (Phi) is 4.31. The summed E-state index contributed by atoms with van der Waals surface area (Å²) >= 11 is 0. The first kappa shape index (κ1) is 11.7. The van der Waals surface area contributed by atoms with E-state index in [0.29, 0.717) is 0 Å². The Labute approximate surface area is 90.1 Å². The van der Waals surface area contributed by atoms with Gasteiger partial charge in [-0.25, -0.2) is 0 Å². The minimum absolute atomic E-state index is 0.0465. The van der Waals surface area contributed by atoms with Gasteiger partial charge < -0.3 is 15.2 Å². The first-order chi connectivity index (χ1) is 7.09. The quantitative estimate of drug-likeness (QED) is 0.729. The van der Waals surface area contributed by atoms with Crippen molar-refractivity contribution >= 4 is 5.97 Å². The second kappa shape index (κ2) is 5.51. The van der Waals surface area contributed by atoms with Crippen molar-refractivity contribution in [3.63, 3.8) is 0 Å². The van der Waals surface area contributed by atoms with E-state index in [4.69, 9.17) is 0 Å². The number of nitrogens with two attached hydrogens (primary N) is 1. The monoisotopic (exact) mass is 207 g/mol. The zero-order chi connectivity index (χ0) is 11.3. The van der Waals surface area contributed by atoms with Crippen molar-refractivity contribution in [2.45, 2.75) is 32.4 Å². The van der Waals surface area contributed by atoms with Gasteiger partial charge in [0.25, 0.3) is 0 Å². The number of carbonyl (C=O) groups excluding carboxylic acids is 1. The van der Waals surface area contributed by atoms with Gasteiger partial charge in [0.1, 0.15) is 6.04 Å². The van der Waals surface area contributed by atoms with E-state index in [2.05, 4.69) is 6.92 Å². The second-order valence-electron chi connectivity index (χ2n) is 3.95. The van der Waals surface area contributed by atoms with Crippen LogP contribution in [-0.2, 0) is 4.79 Å². The Balaban J connectivity index is 2.49. The van der Waals surface area contributed by atoms with Gasteiger partial charge in [-0.15, -0.1) is 0 Å². The minimum Gasteiger partial charge on any atom is -0.550 e. The van der Waals surface area contributed by atoms with E-state index >= 15 is 0 Å². The van der Waals surface area contributed by atoms with Crippen LogP contribution in [0.25, 0.3) is 0 Å². The molecule has 1 aromatic carbocycles. The van der Waals surface area contributed by atoms with E-state index in [1.807, 2.05) is 42.6 Å². The van der Waals surface area contributed by atoms with Crippen molar-refractivity contribution in [3.8, 4) is 0 Å². The molecule has 0 aliphatic heterocycles. The summed E-state index contributed by atoms with van der Waals surface area (Å²) in [6.45, 7) is 3.97. The van der Waals surface area contributed by atoms with Gasteiger partial charge in [0.2, 0.25) is 0 Å². The van der Waals surface area contributed by atoms with Crippen LogP contribution in [0.5, 0.6) is 0 Å². The van der Waals surface area contributed by atoms with Crippen LogP contribution in [0.3, 0.4) is 0 Å². The summed E-state index contributed by atoms with van der Waals surface area (Å²) < 4.78 is 0. The Morgan fingerprint density at radius 3 is 2.47 bits per heavy atom. The summed E-state index contributed by atoms with van der Waals surface area (Å²) in [4.78, 5) is 10.4. The molecule has 0 radical (unpaired) electrons. The molecule has 0 saturated carbocycles. The van der Waals surface area contributed by atoms with Crippen molar-refractivity contribution in [2.75, 3.05) is 0 Å². The van der Waals surface area contributed by atoms with Gasteiger partial charge in [0, 0.05) is 18.0 Å². The van der Waals surface area contributed by atoms with E-state index in [9.17, 15) is 9.90 Å². The molecule has 0 heterocycles. The third-order valence-corrected chi connectivity index (χ3v) is 2.43. The summed E-state index contributed by atoms with van der Waals surface area (Å²) in [6.07, 6.45) is 0.0944. The predicted molar refractivity (Wildman–Crippen MR) is 55.9 cm³/mol. The van der Waals surface area contributed by atoms with Crippen LogP contribution in [0.4, 0.5) is 0 Å². The maximum absolute atomic E-state index is 10.4. The summed E-state index contributed by atoms with van der Waals surface area (Å²) in [6, 6.07) is 10.4. The molecule has 0 saturated heterocycles. The molecule has 0 aromatic heterocycles. The first-order valence-corrected chi connectivity index (χ1v) is 5.19. The average molecular weight is 207 g/mol. The summed E-state index contributed by atoms with van der Waals surface area (Å²) in [7, 11) is 0. The summed E-state index contributed by atoms with van der Waals surface area (Å²) in [5, 5.41) is 12.4. The molecule has 1 aromatic rings. The summed E-state index contributed by atoms with van der Waals surface area (Å²) in [5.41, 5.74) is 1.21. The SMILES string of the molecule is C[C@@H](CC(=O)[O-])[NH2+][C@H](C)c1ccccc1. The largest absolute Gasteiger partial charge is 0.550 e. The number of carboxylic acid groups (broad SMARTS) is 1. The molecule has 3 heteroatoms. The van der Waals surface area contributed by atoms with Crippen LogP contribution in [0.1, 0.15) is 31.9 Å². The van der Waals surface area contributed by atoms with Crippen LogP contribution in [0.2, 0.25) is 0 Å². The molecular weight excluding hydrogens is 190 g/mol. The highest BCUT2D eigenvalue weighted by molar-refractivity contribution is 5.64. The van der Waals surface area contributed by atoms with E-state index in [1.54, 1.807) is 0 Å². The molecule has 2 atom stereocenters. The lowest BCUT2D eigenvalue weighted by molar-refractivity contribution is -0.721. The lowest BCUT2D eigenvalue weighted by Gasteiger charge is -2.17. The van der Waals surface area contributed by atoms with Gasteiger partial charge in [-0.2, -0.15) is 0 Å². The highest BCUT2D eigenvalue weighted by Gasteiger charge is 2.12. The molecule has 15 heavy (non-hydrogen) atoms. The topological polar surface area (TPSA) is 56.7 Å². The van der Waals surface area contributed by atoms with Crippen molar-refractivity contribution in [2.24, 2.45) is 0 Å². The molecule has 82 valence electrons. The third-order valence-electron chi connectivity index (χ3n) is 2.43. The fourth-order valence-electron chi connectivity index (χ4n) is 1.69. The second-order valence-corrected chi connectivity index (χ2v) is 3.95. The Bertz CT molecular complexity index is 311. The average Bonchev–Trinajstić information content (AvgIpc) is 2.17. The van der Waals surface area contributed by atoms with Gasteiger partial charge in [-0.1, -0.05) is 30.3 Å². The lowest BCUT2D eigenvalue weighted by atomic mass is 10.1. The molecule has 0 aliphatic carbocycles. The van der Waals surface area contributed by atoms with E-state index in [-0.39, 0.29) is 18.5 Å². The van der Waals surface area contributed by atoms with E-state index in [1.165, 1.54) is 5.56 Å². The number of quaternary nitrogens is 1. The van der Waals surface area contributed by atoms with Crippen LogP contribution in [0, 0.1) is 0 Å². The first-order valence-electron chi connectivity index (χ1n) is 5.19. The van der Waals surface area contributed by atoms with Crippen LogP contribution in [0.15, 0.2) is 30.3 Å². The van der Waals surface area contributed by atoms with Crippen molar-refractivity contribution in [1.82, 2.24) is 0 Å². The maximum atomic E-state index is 10.4. The van der Waals surface area contributed by atoms with E-state index < -0.39 is 5.97 Å². The number of rotatable bonds is 5. The molecule has 3 nitrogen and oxygen atoms in total. The maximum Gasteiger partial charge on any atom is 0.109 e. The Morgan fingerprint density at radius 1 is 1.33 bits per heavy atom. The van der Waals surface area contributed by atoms with Crippen LogP contribution < -0.4 is 10.4 Å². The van der Waals surface area contributed by atoms with Gasteiger partial charge in [0.05, 0.1) is 6.04 Å². The van der Waals surface area contributed by atoms with E-state index in [0.717, 1.165) is 0 Å². The molecule has 0 aliphatic rings. The smallest absolute Gasteiger partial charge is 0.109 e. The molecular formula is C12H17NO2. The van der Waals surface area contributed by atoms with Crippen LogP contribution >= 0.6 is 0 Å². The van der Waals surface area contributed by atoms with Crippen LogP contribution in [-0.4, -0.2) is 12.0 Å². The number of hydrogen-bond acceptors (Lipinski definition) is 2. The number of carboxylic acids is 1. The normalized spacial score (nSPS) is 14.5. The molecule has 0 amide bonds. The Morgan fingerprint density at radius 2 is 1.93 bits per heavy atom. The fourth-order valence-corrected chi connectivity index (χ4v) is 1.69. The zero-order valence-corrected chi connectivity index (χ0v) is 9.14. The van der Waals surface area contributed by atoms with Crippen molar-refractivity contribution < 1.29 is 15.2 Å². The molecule has 0 spiro atoms. The third kappa shape index (κ3) is 4.13. The van der Waals surface area contributed by atoms with Crippen molar-refractivity contribution in [1.29, 1.82) is 0 Å². The zero-order valence-electron chi connectivity index (χ0n) is 9.14. The standard InChI is InChI=1S/C12H17NO2/c1-9(8-12(14)15)13-10(2)11-6-4-3-5-7-11/h3-7,9-10,13H,8H2,1-2H3,(H,14,15)/t9-,10+/m0/s1. The fraction of sp³-hybridized carbons (Fsp3) is 0.417. The summed E-state index contributed by atoms with van der Waals surface area (Å²) in [5.74, 6) is -0.987. The van der Waals surface area contributed by atoms with Gasteiger partial charge in [-0.3, -0.25) is 0 Å². The van der Waals surface area contributed by atoms with Gasteiger partial charge in [0.15, 0.2) is 0 Å². The number of carbonyl (C=O) groups is 1. The van der Waals surface area contributed by atoms with Gasteiger partial charge in [-0.05, 0) is 13.8 Å². The number of aliphatic carboxylic acids is 1. The molecule has 0 unspecified atom stereocenters. The number of benzene rings is 1. The predicted octanol–water partition coefficient (Wildman–Crippen LogP) is -0.160. The Hall–Kier alpha value is -1.35. The van der Waals surface area contributed by atoms with Gasteiger partial charge >= 0.3 is 0 Å². The molecule has 0 fully saturated rings.